The second-order valence-corrected chi connectivity index (χ2v) is 16.0. The van der Waals surface area contributed by atoms with Crippen LogP contribution in [0.25, 0.3) is 0 Å². The molecule has 60 heavy (non-hydrogen) atoms. The molecule has 0 aliphatic carbocycles. The fraction of sp³-hybridized carbons (Fsp3) is 0. The van der Waals surface area contributed by atoms with Crippen molar-refractivity contribution in [2.24, 2.45) is 0 Å². The Morgan fingerprint density at radius 1 is 0.183 bits per heavy atom. The molecule has 0 atom stereocenters. The molecule has 4 nitrogen and oxygen atoms in total. The molecule has 0 spiro atoms. The fourth-order valence-electron chi connectivity index (χ4n) is 7.66. The Balaban J connectivity index is 1.19. The Bertz CT molecular complexity index is 2520. The highest BCUT2D eigenvalue weighted by Crippen LogP contribution is 2.46. The van der Waals surface area contributed by atoms with Crippen LogP contribution in [-0.2, 0) is 0 Å². The molecule has 0 aliphatic heterocycles. The summed E-state index contributed by atoms with van der Waals surface area (Å²) in [4.78, 5) is 9.25. The fourth-order valence-corrected chi connectivity index (χ4v) is 8.60. The number of para-hydroxylation sites is 6. The highest BCUT2D eigenvalue weighted by molar-refractivity contribution is 9.10. The first-order valence-corrected chi connectivity index (χ1v) is 21.4. The Morgan fingerprint density at radius 2 is 0.367 bits per heavy atom. The molecule has 0 heterocycles. The van der Waals surface area contributed by atoms with Gasteiger partial charge in [0, 0.05) is 77.2 Å². The first kappa shape index (κ1) is 38.6. The summed E-state index contributed by atoms with van der Waals surface area (Å²) in [7, 11) is 0. The van der Waals surface area contributed by atoms with E-state index in [0.717, 1.165) is 77.2 Å². The summed E-state index contributed by atoms with van der Waals surface area (Å²) in [5, 5.41) is 0. The van der Waals surface area contributed by atoms with Gasteiger partial charge in [0.1, 0.15) is 0 Å². The van der Waals surface area contributed by atoms with Gasteiger partial charge in [-0.15, -0.1) is 0 Å². The zero-order chi connectivity index (χ0) is 40.7. The van der Waals surface area contributed by atoms with Crippen molar-refractivity contribution in [1.82, 2.24) is 0 Å². The van der Waals surface area contributed by atoms with E-state index in [4.69, 9.17) is 0 Å². The van der Waals surface area contributed by atoms with E-state index < -0.39 is 0 Å². The van der Waals surface area contributed by atoms with Gasteiger partial charge in [0.05, 0.1) is 0 Å². The van der Waals surface area contributed by atoms with Crippen molar-refractivity contribution < 1.29 is 0 Å². The number of benzene rings is 9. The predicted molar refractivity (Wildman–Crippen MR) is 261 cm³/mol. The number of anilines is 12. The van der Waals surface area contributed by atoms with Gasteiger partial charge < -0.3 is 19.6 Å². The minimum absolute atomic E-state index is 0.970. The number of hydrogen-bond acceptors (Lipinski definition) is 4. The smallest absolute Gasteiger partial charge is 0.0493 e. The largest absolute Gasteiger partial charge is 0.310 e. The highest BCUT2D eigenvalue weighted by atomic mass is 79.9. The van der Waals surface area contributed by atoms with E-state index in [-0.39, 0.29) is 0 Å². The lowest BCUT2D eigenvalue weighted by atomic mass is 10.1. The van der Waals surface area contributed by atoms with Crippen molar-refractivity contribution in [2.45, 2.75) is 0 Å². The normalized spacial score (nSPS) is 10.8. The van der Waals surface area contributed by atoms with Gasteiger partial charge in [-0.05, 0) is 127 Å². The van der Waals surface area contributed by atoms with Crippen LogP contribution in [0.2, 0.25) is 0 Å². The molecule has 6 heteroatoms. The lowest BCUT2D eigenvalue weighted by Gasteiger charge is -2.32. The van der Waals surface area contributed by atoms with Crippen LogP contribution in [0.4, 0.5) is 68.2 Å². The molecule has 0 saturated heterocycles. The van der Waals surface area contributed by atoms with Crippen molar-refractivity contribution in [3.8, 4) is 0 Å². The summed E-state index contributed by atoms with van der Waals surface area (Å²) in [6.45, 7) is 0. The van der Waals surface area contributed by atoms with E-state index >= 15 is 0 Å². The molecule has 0 saturated carbocycles. The molecule has 0 bridgehead atoms. The molecule has 0 aromatic heterocycles. The van der Waals surface area contributed by atoms with Crippen molar-refractivity contribution >= 4 is 100 Å². The minimum Gasteiger partial charge on any atom is -0.310 e. The Kier molecular flexibility index (Phi) is 11.6. The van der Waals surface area contributed by atoms with Gasteiger partial charge in [0.15, 0.2) is 0 Å². The summed E-state index contributed by atoms with van der Waals surface area (Å²) in [6.07, 6.45) is 0. The van der Waals surface area contributed by atoms with Crippen LogP contribution in [-0.4, -0.2) is 0 Å². The Hall–Kier alpha value is -6.86. The van der Waals surface area contributed by atoms with Crippen LogP contribution in [0.1, 0.15) is 0 Å². The van der Waals surface area contributed by atoms with Crippen molar-refractivity contribution in [3.05, 3.63) is 252 Å². The zero-order valence-electron chi connectivity index (χ0n) is 32.6. The van der Waals surface area contributed by atoms with Crippen LogP contribution < -0.4 is 19.6 Å². The average molecular weight is 905 g/mol. The van der Waals surface area contributed by atoms with Crippen LogP contribution in [0.15, 0.2) is 252 Å². The van der Waals surface area contributed by atoms with E-state index in [0.29, 0.717) is 0 Å². The molecule has 290 valence electrons. The van der Waals surface area contributed by atoms with Crippen molar-refractivity contribution in [2.75, 3.05) is 19.6 Å². The van der Waals surface area contributed by atoms with Gasteiger partial charge in [-0.3, -0.25) is 0 Å². The summed E-state index contributed by atoms with van der Waals surface area (Å²) in [5.41, 5.74) is 12.5. The van der Waals surface area contributed by atoms with E-state index in [1.54, 1.807) is 0 Å². The molecule has 9 rings (SSSR count). The van der Waals surface area contributed by atoms with Crippen LogP contribution in [0, 0.1) is 0 Å². The molecule has 0 unspecified atom stereocenters. The van der Waals surface area contributed by atoms with Crippen molar-refractivity contribution in [1.29, 1.82) is 0 Å². The topological polar surface area (TPSA) is 13.0 Å². The third kappa shape index (κ3) is 8.48. The molecule has 0 amide bonds. The van der Waals surface area contributed by atoms with E-state index in [2.05, 4.69) is 294 Å². The maximum atomic E-state index is 3.93. The Labute approximate surface area is 369 Å². The second-order valence-electron chi connectivity index (χ2n) is 14.2. The molecule has 0 fully saturated rings. The number of hydrogen-bond donors (Lipinski definition) is 0. The first-order valence-electron chi connectivity index (χ1n) is 19.8. The number of nitrogens with zero attached hydrogens (tertiary/aromatic N) is 4. The number of halogens is 2. The quantitative estimate of drug-likeness (QED) is 0.121. The Morgan fingerprint density at radius 3 is 0.600 bits per heavy atom. The van der Waals surface area contributed by atoms with E-state index in [1.807, 2.05) is 0 Å². The molecule has 0 radical (unpaired) electrons. The molecule has 9 aromatic rings. The van der Waals surface area contributed by atoms with Crippen LogP contribution in [0.3, 0.4) is 0 Å². The third-order valence-corrected chi connectivity index (χ3v) is 11.1. The monoisotopic (exact) mass is 902 g/mol. The van der Waals surface area contributed by atoms with Gasteiger partial charge in [-0.1, -0.05) is 147 Å². The van der Waals surface area contributed by atoms with Gasteiger partial charge in [-0.2, -0.15) is 0 Å². The summed E-state index contributed by atoms with van der Waals surface area (Å²) in [6, 6.07) is 85.3. The standard InChI is InChI=1S/C54H40Br2N4/c55-41-34-51(57(43-20-7-1-8-21-43)44-22-9-2-10-23-44)39-53(36-41)59(47-28-15-5-16-29-47)49-32-19-33-50(38-49)60(48-30-17-6-18-31-48)54-37-42(56)35-52(40-54)58(45-24-11-3-12-25-45)46-26-13-4-14-27-46/h1-40H. The maximum Gasteiger partial charge on any atom is 0.0493 e. The summed E-state index contributed by atoms with van der Waals surface area (Å²) in [5.74, 6) is 0. The molecule has 9 aromatic carbocycles. The number of rotatable bonds is 12. The van der Waals surface area contributed by atoms with E-state index in [9.17, 15) is 0 Å². The highest BCUT2D eigenvalue weighted by Gasteiger charge is 2.22. The van der Waals surface area contributed by atoms with Crippen LogP contribution in [0.5, 0.6) is 0 Å². The van der Waals surface area contributed by atoms with Gasteiger partial charge in [0.25, 0.3) is 0 Å². The first-order chi connectivity index (χ1) is 29.6. The molecule has 0 aliphatic rings. The van der Waals surface area contributed by atoms with Crippen LogP contribution >= 0.6 is 31.9 Å². The second kappa shape index (κ2) is 18.0. The lowest BCUT2D eigenvalue weighted by molar-refractivity contribution is 1.22. The average Bonchev–Trinajstić information content (AvgIpc) is 3.29. The summed E-state index contributed by atoms with van der Waals surface area (Å²) >= 11 is 7.86. The molecule has 0 N–H and O–H groups in total. The molecular weight excluding hydrogens is 864 g/mol. The zero-order valence-corrected chi connectivity index (χ0v) is 35.8. The maximum absolute atomic E-state index is 3.93. The van der Waals surface area contributed by atoms with Gasteiger partial charge in [0.2, 0.25) is 0 Å². The molecular formula is C54H40Br2N4. The van der Waals surface area contributed by atoms with Gasteiger partial charge in [-0.25, -0.2) is 0 Å². The summed E-state index contributed by atoms with van der Waals surface area (Å²) < 4.78 is 1.94. The SMILES string of the molecule is Brc1cc(N(c2ccccc2)c2ccccc2)cc(N(c2ccccc2)c2cccc(N(c3ccccc3)c3cc(Br)cc(N(c4ccccc4)c4ccccc4)c3)c2)c1. The van der Waals surface area contributed by atoms with E-state index in [1.165, 1.54) is 0 Å². The van der Waals surface area contributed by atoms with Gasteiger partial charge >= 0.3 is 0 Å². The van der Waals surface area contributed by atoms with Crippen molar-refractivity contribution in [3.63, 3.8) is 0 Å². The predicted octanol–water partition coefficient (Wildman–Crippen LogP) is 17.1. The minimum atomic E-state index is 0.970. The lowest BCUT2D eigenvalue weighted by Crippen LogP contribution is -2.15. The third-order valence-electron chi connectivity index (χ3n) is 10.2.